The van der Waals surface area contributed by atoms with Crippen LogP contribution in [0.4, 0.5) is 5.69 Å². The first-order valence-corrected chi connectivity index (χ1v) is 12.3. The third kappa shape index (κ3) is 6.77. The predicted octanol–water partition coefficient (Wildman–Crippen LogP) is 4.90. The molecule has 188 valence electrons. The summed E-state index contributed by atoms with van der Waals surface area (Å²) in [5.41, 5.74) is 2.89. The number of nitrogens with one attached hydrogen (secondary N) is 1. The Morgan fingerprint density at radius 1 is 1.00 bits per heavy atom. The van der Waals surface area contributed by atoms with E-state index in [0.29, 0.717) is 29.4 Å². The quantitative estimate of drug-likeness (QED) is 0.430. The van der Waals surface area contributed by atoms with Crippen molar-refractivity contribution < 1.29 is 19.4 Å². The molecule has 1 fully saturated rings. The molecule has 2 N–H and O–H groups in total. The number of ether oxygens (including phenoxy) is 1. The van der Waals surface area contributed by atoms with Crippen LogP contribution in [0.5, 0.6) is 11.5 Å². The molecule has 1 aliphatic heterocycles. The first-order valence-electron chi connectivity index (χ1n) is 12.0. The minimum absolute atomic E-state index is 0.0447. The van der Waals surface area contributed by atoms with Crippen LogP contribution in [0.25, 0.3) is 11.1 Å². The van der Waals surface area contributed by atoms with Gasteiger partial charge in [-0.1, -0.05) is 35.9 Å². The average Bonchev–Trinajstić information content (AvgIpc) is 3.39. The van der Waals surface area contributed by atoms with E-state index >= 15 is 0 Å². The number of carbonyl (C=O) groups is 2. The van der Waals surface area contributed by atoms with Crippen LogP contribution < -0.4 is 10.1 Å². The number of rotatable bonds is 9. The SMILES string of the molecule is COc1ccc(-c2ccc(C(=O)N(CCN3CCCC3)CC(=O)Nc3cc(O)cc(Cl)c3)cc2)cc1. The minimum Gasteiger partial charge on any atom is -0.508 e. The van der Waals surface area contributed by atoms with Crippen molar-refractivity contribution in [3.63, 3.8) is 0 Å². The summed E-state index contributed by atoms with van der Waals surface area (Å²) in [5, 5.41) is 12.8. The maximum absolute atomic E-state index is 13.4. The number of phenols is 1. The molecule has 0 spiro atoms. The molecule has 0 unspecified atom stereocenters. The fraction of sp³-hybridized carbons (Fsp3) is 0.286. The number of methoxy groups -OCH3 is 1. The highest BCUT2D eigenvalue weighted by atomic mass is 35.5. The Morgan fingerprint density at radius 2 is 1.64 bits per heavy atom. The number of anilines is 1. The molecule has 0 bridgehead atoms. The number of likely N-dealkylation sites (tertiary alicyclic amines) is 1. The summed E-state index contributed by atoms with van der Waals surface area (Å²) in [4.78, 5) is 30.1. The molecule has 8 heteroatoms. The number of carbonyl (C=O) groups excluding carboxylic acids is 2. The highest BCUT2D eigenvalue weighted by molar-refractivity contribution is 6.31. The van der Waals surface area contributed by atoms with E-state index < -0.39 is 0 Å². The Morgan fingerprint density at radius 3 is 2.25 bits per heavy atom. The molecule has 7 nitrogen and oxygen atoms in total. The standard InChI is InChI=1S/C28H30ClN3O4/c1-36-26-10-8-21(9-11-26)20-4-6-22(7-5-20)28(35)32(15-14-31-12-2-3-13-31)19-27(34)30-24-16-23(29)17-25(33)18-24/h4-11,16-18,33H,2-3,12-15,19H2,1H3,(H,30,34). The summed E-state index contributed by atoms with van der Waals surface area (Å²) in [7, 11) is 1.63. The van der Waals surface area contributed by atoms with Crippen LogP contribution >= 0.6 is 11.6 Å². The van der Waals surface area contributed by atoms with Crippen molar-refractivity contribution in [1.29, 1.82) is 0 Å². The van der Waals surface area contributed by atoms with Gasteiger partial charge < -0.3 is 25.0 Å². The molecule has 36 heavy (non-hydrogen) atoms. The van der Waals surface area contributed by atoms with Crippen LogP contribution in [0.3, 0.4) is 0 Å². The molecule has 1 aliphatic rings. The maximum Gasteiger partial charge on any atom is 0.254 e. The number of halogens is 1. The number of phenolic OH excluding ortho intramolecular Hbond substituents is 1. The van der Waals surface area contributed by atoms with Crippen LogP contribution in [0, 0.1) is 0 Å². The largest absolute Gasteiger partial charge is 0.508 e. The first kappa shape index (κ1) is 25.5. The highest BCUT2D eigenvalue weighted by Crippen LogP contribution is 2.24. The van der Waals surface area contributed by atoms with Crippen LogP contribution in [0.2, 0.25) is 5.02 Å². The van der Waals surface area contributed by atoms with Gasteiger partial charge in [-0.05, 0) is 73.5 Å². The zero-order valence-electron chi connectivity index (χ0n) is 20.2. The maximum atomic E-state index is 13.4. The van der Waals surface area contributed by atoms with Crippen LogP contribution in [-0.2, 0) is 4.79 Å². The molecular weight excluding hydrogens is 478 g/mol. The molecule has 1 heterocycles. The number of nitrogens with zero attached hydrogens (tertiary/aromatic N) is 2. The van der Waals surface area contributed by atoms with Gasteiger partial charge in [0, 0.05) is 35.4 Å². The molecule has 3 aromatic carbocycles. The summed E-state index contributed by atoms with van der Waals surface area (Å²) < 4.78 is 5.22. The van der Waals surface area contributed by atoms with Gasteiger partial charge in [-0.15, -0.1) is 0 Å². The van der Waals surface area contributed by atoms with Gasteiger partial charge in [0.05, 0.1) is 7.11 Å². The van der Waals surface area contributed by atoms with Gasteiger partial charge in [-0.2, -0.15) is 0 Å². The summed E-state index contributed by atoms with van der Waals surface area (Å²) in [6.45, 7) is 3.05. The molecule has 0 aromatic heterocycles. The second kappa shape index (κ2) is 11.9. The Labute approximate surface area is 216 Å². The van der Waals surface area contributed by atoms with Gasteiger partial charge in [0.2, 0.25) is 5.91 Å². The van der Waals surface area contributed by atoms with Crippen molar-refractivity contribution in [2.45, 2.75) is 12.8 Å². The normalized spacial score (nSPS) is 13.4. The number of aromatic hydroxyl groups is 1. The predicted molar refractivity (Wildman–Crippen MR) is 142 cm³/mol. The lowest BCUT2D eigenvalue weighted by molar-refractivity contribution is -0.116. The monoisotopic (exact) mass is 507 g/mol. The molecule has 4 rings (SSSR count). The second-order valence-corrected chi connectivity index (χ2v) is 9.26. The summed E-state index contributed by atoms with van der Waals surface area (Å²) in [6, 6.07) is 19.5. The Hall–Kier alpha value is -3.55. The van der Waals surface area contributed by atoms with Crippen molar-refractivity contribution in [2.24, 2.45) is 0 Å². The van der Waals surface area contributed by atoms with E-state index in [-0.39, 0.29) is 24.1 Å². The number of hydrogen-bond donors (Lipinski definition) is 2. The number of amides is 2. The zero-order valence-corrected chi connectivity index (χ0v) is 21.0. The van der Waals surface area contributed by atoms with Gasteiger partial charge in [0.1, 0.15) is 18.0 Å². The van der Waals surface area contributed by atoms with E-state index in [9.17, 15) is 14.7 Å². The zero-order chi connectivity index (χ0) is 25.5. The molecule has 0 radical (unpaired) electrons. The van der Waals surface area contributed by atoms with Gasteiger partial charge in [0.25, 0.3) is 5.91 Å². The Bertz CT molecular complexity index is 1170. The molecule has 3 aromatic rings. The number of benzene rings is 3. The van der Waals surface area contributed by atoms with Crippen molar-refractivity contribution in [2.75, 3.05) is 45.2 Å². The molecule has 2 amide bonds. The van der Waals surface area contributed by atoms with Crippen LogP contribution in [0.15, 0.2) is 66.7 Å². The van der Waals surface area contributed by atoms with Gasteiger partial charge >= 0.3 is 0 Å². The third-order valence-electron chi connectivity index (χ3n) is 6.23. The second-order valence-electron chi connectivity index (χ2n) is 8.83. The lowest BCUT2D eigenvalue weighted by atomic mass is 10.0. The van der Waals surface area contributed by atoms with E-state index in [0.717, 1.165) is 42.8 Å². The van der Waals surface area contributed by atoms with Crippen LogP contribution in [-0.4, -0.2) is 66.6 Å². The molecule has 0 atom stereocenters. The summed E-state index contributed by atoms with van der Waals surface area (Å²) in [6.07, 6.45) is 2.30. The summed E-state index contributed by atoms with van der Waals surface area (Å²) >= 11 is 5.98. The Balaban J connectivity index is 1.47. The van der Waals surface area contributed by atoms with Crippen molar-refractivity contribution >= 4 is 29.1 Å². The Kier molecular flexibility index (Phi) is 8.46. The van der Waals surface area contributed by atoms with E-state index in [1.807, 2.05) is 36.4 Å². The van der Waals surface area contributed by atoms with Crippen molar-refractivity contribution in [3.05, 3.63) is 77.3 Å². The van der Waals surface area contributed by atoms with E-state index in [1.165, 1.54) is 12.1 Å². The lowest BCUT2D eigenvalue weighted by Gasteiger charge is -2.25. The van der Waals surface area contributed by atoms with Gasteiger partial charge in [-0.3, -0.25) is 9.59 Å². The van der Waals surface area contributed by atoms with Crippen molar-refractivity contribution in [1.82, 2.24) is 9.80 Å². The lowest BCUT2D eigenvalue weighted by Crippen LogP contribution is -2.42. The summed E-state index contributed by atoms with van der Waals surface area (Å²) in [5.74, 6) is 0.169. The molecule has 1 saturated heterocycles. The first-order chi connectivity index (χ1) is 17.4. The van der Waals surface area contributed by atoms with Gasteiger partial charge in [-0.25, -0.2) is 0 Å². The highest BCUT2D eigenvalue weighted by Gasteiger charge is 2.21. The van der Waals surface area contributed by atoms with Crippen molar-refractivity contribution in [3.8, 4) is 22.6 Å². The fourth-order valence-electron chi connectivity index (χ4n) is 4.31. The average molecular weight is 508 g/mol. The molecule has 0 saturated carbocycles. The molecule has 0 aliphatic carbocycles. The molecular formula is C28H30ClN3O4. The van der Waals surface area contributed by atoms with E-state index in [4.69, 9.17) is 16.3 Å². The van der Waals surface area contributed by atoms with Crippen LogP contribution in [0.1, 0.15) is 23.2 Å². The van der Waals surface area contributed by atoms with Gasteiger partial charge in [0.15, 0.2) is 0 Å². The third-order valence-corrected chi connectivity index (χ3v) is 6.45. The smallest absolute Gasteiger partial charge is 0.254 e. The minimum atomic E-state index is -0.360. The number of hydrogen-bond acceptors (Lipinski definition) is 5. The topological polar surface area (TPSA) is 82.1 Å². The van der Waals surface area contributed by atoms with E-state index in [1.54, 1.807) is 30.2 Å². The van der Waals surface area contributed by atoms with E-state index in [2.05, 4.69) is 10.2 Å². The fourth-order valence-corrected chi connectivity index (χ4v) is 4.54.